The SMILES string of the molecule is CCOc1ccc(NC(=O)C[NH+]2CCN(c3ccccc3C)CC2)cc1OCC. The van der Waals surface area contributed by atoms with Crippen LogP contribution in [0.1, 0.15) is 19.4 Å². The van der Waals surface area contributed by atoms with Gasteiger partial charge >= 0.3 is 0 Å². The number of carbonyl (C=O) groups excluding carboxylic acids is 1. The van der Waals surface area contributed by atoms with Gasteiger partial charge in [0.2, 0.25) is 0 Å². The van der Waals surface area contributed by atoms with Crippen LogP contribution in [-0.4, -0.2) is 51.8 Å². The van der Waals surface area contributed by atoms with Gasteiger partial charge in [0.05, 0.1) is 39.4 Å². The molecule has 6 nitrogen and oxygen atoms in total. The second-order valence-corrected chi connectivity index (χ2v) is 7.28. The molecule has 0 atom stereocenters. The van der Waals surface area contributed by atoms with E-state index < -0.39 is 0 Å². The number of nitrogens with zero attached hydrogens (tertiary/aromatic N) is 1. The summed E-state index contributed by atoms with van der Waals surface area (Å²) in [5.41, 5.74) is 3.34. The summed E-state index contributed by atoms with van der Waals surface area (Å²) in [6.45, 7) is 11.4. The van der Waals surface area contributed by atoms with E-state index in [1.54, 1.807) is 0 Å². The second-order valence-electron chi connectivity index (χ2n) is 7.28. The number of carbonyl (C=O) groups is 1. The summed E-state index contributed by atoms with van der Waals surface area (Å²) in [4.78, 5) is 16.3. The van der Waals surface area contributed by atoms with Crippen molar-refractivity contribution in [1.29, 1.82) is 0 Å². The minimum absolute atomic E-state index is 0.0240. The van der Waals surface area contributed by atoms with Gasteiger partial charge in [-0.3, -0.25) is 4.79 Å². The van der Waals surface area contributed by atoms with E-state index in [-0.39, 0.29) is 5.91 Å². The molecule has 2 aromatic carbocycles. The summed E-state index contributed by atoms with van der Waals surface area (Å²) < 4.78 is 11.2. The molecule has 2 aromatic rings. The lowest BCUT2D eigenvalue weighted by atomic mass is 10.1. The standard InChI is InChI=1S/C23H31N3O3/c1-4-28-21-11-10-19(16-22(21)29-5-2)24-23(27)17-25-12-14-26(15-13-25)20-9-7-6-8-18(20)3/h6-11,16H,4-5,12-15,17H2,1-3H3,(H,24,27)/p+1. The van der Waals surface area contributed by atoms with Crippen LogP contribution in [0.4, 0.5) is 11.4 Å². The first-order valence-corrected chi connectivity index (χ1v) is 10.4. The third-order valence-corrected chi connectivity index (χ3v) is 5.16. The molecular weight excluding hydrogens is 366 g/mol. The van der Waals surface area contributed by atoms with Gasteiger partial charge in [0, 0.05) is 17.4 Å². The number of ether oxygens (including phenoxy) is 2. The predicted octanol–water partition coefficient (Wildman–Crippen LogP) is 2.14. The summed E-state index contributed by atoms with van der Waals surface area (Å²) in [6.07, 6.45) is 0. The van der Waals surface area contributed by atoms with Gasteiger partial charge in [-0.1, -0.05) is 18.2 Å². The third-order valence-electron chi connectivity index (χ3n) is 5.16. The molecule has 6 heteroatoms. The summed E-state index contributed by atoms with van der Waals surface area (Å²) in [7, 11) is 0. The maximum Gasteiger partial charge on any atom is 0.279 e. The van der Waals surface area contributed by atoms with Crippen molar-refractivity contribution >= 4 is 17.3 Å². The number of benzene rings is 2. The first-order chi connectivity index (χ1) is 14.1. The predicted molar refractivity (Wildman–Crippen MR) is 116 cm³/mol. The van der Waals surface area contributed by atoms with Crippen LogP contribution < -0.4 is 24.6 Å². The number of piperazine rings is 1. The van der Waals surface area contributed by atoms with E-state index in [1.807, 2.05) is 32.0 Å². The Kier molecular flexibility index (Phi) is 7.36. The van der Waals surface area contributed by atoms with E-state index in [0.717, 1.165) is 31.9 Å². The minimum atomic E-state index is 0.0240. The largest absolute Gasteiger partial charge is 0.490 e. The molecular formula is C23H32N3O3+. The Morgan fingerprint density at radius 2 is 1.72 bits per heavy atom. The molecule has 1 fully saturated rings. The average molecular weight is 399 g/mol. The van der Waals surface area contributed by atoms with Gasteiger partial charge in [-0.25, -0.2) is 0 Å². The third kappa shape index (κ3) is 5.64. The fraction of sp³-hybridized carbons (Fsp3) is 0.435. The van der Waals surface area contributed by atoms with Gasteiger partial charge in [0.15, 0.2) is 18.0 Å². The quantitative estimate of drug-likeness (QED) is 0.715. The summed E-state index contributed by atoms with van der Waals surface area (Å²) in [5.74, 6) is 1.38. The van der Waals surface area contributed by atoms with Crippen LogP contribution in [0.5, 0.6) is 11.5 Å². The fourth-order valence-electron chi connectivity index (χ4n) is 3.72. The number of quaternary nitrogens is 1. The van der Waals surface area contributed by atoms with Crippen LogP contribution >= 0.6 is 0 Å². The van der Waals surface area contributed by atoms with E-state index in [1.165, 1.54) is 16.2 Å². The van der Waals surface area contributed by atoms with Gasteiger partial charge in [0.1, 0.15) is 0 Å². The van der Waals surface area contributed by atoms with Crippen LogP contribution in [0, 0.1) is 6.92 Å². The van der Waals surface area contributed by atoms with Crippen LogP contribution in [0.2, 0.25) is 0 Å². The lowest BCUT2D eigenvalue weighted by molar-refractivity contribution is -0.892. The molecule has 0 unspecified atom stereocenters. The molecule has 3 rings (SSSR count). The van der Waals surface area contributed by atoms with Crippen molar-refractivity contribution < 1.29 is 19.2 Å². The van der Waals surface area contributed by atoms with E-state index in [9.17, 15) is 4.79 Å². The Labute approximate surface area is 173 Å². The van der Waals surface area contributed by atoms with Crippen molar-refractivity contribution in [2.75, 3.05) is 56.2 Å². The normalized spacial score (nSPS) is 14.5. The zero-order valence-electron chi connectivity index (χ0n) is 17.7. The van der Waals surface area contributed by atoms with Gasteiger partial charge in [-0.2, -0.15) is 0 Å². The molecule has 1 heterocycles. The number of amides is 1. The smallest absolute Gasteiger partial charge is 0.279 e. The van der Waals surface area contributed by atoms with Crippen LogP contribution in [-0.2, 0) is 4.79 Å². The molecule has 0 aromatic heterocycles. The first-order valence-electron chi connectivity index (χ1n) is 10.4. The van der Waals surface area contributed by atoms with Crippen molar-refractivity contribution in [1.82, 2.24) is 0 Å². The van der Waals surface area contributed by atoms with E-state index in [0.29, 0.717) is 31.3 Å². The molecule has 0 saturated carbocycles. The monoisotopic (exact) mass is 398 g/mol. The lowest BCUT2D eigenvalue weighted by Crippen LogP contribution is -3.15. The summed E-state index contributed by atoms with van der Waals surface area (Å²) in [5, 5.41) is 3.00. The summed E-state index contributed by atoms with van der Waals surface area (Å²) >= 11 is 0. The molecule has 0 radical (unpaired) electrons. The highest BCUT2D eigenvalue weighted by molar-refractivity contribution is 5.91. The number of para-hydroxylation sites is 1. The number of nitrogens with one attached hydrogen (secondary N) is 2. The van der Waals surface area contributed by atoms with E-state index in [4.69, 9.17) is 9.47 Å². The molecule has 0 bridgehead atoms. The van der Waals surface area contributed by atoms with Crippen LogP contribution in [0.25, 0.3) is 0 Å². The van der Waals surface area contributed by atoms with Crippen LogP contribution in [0.15, 0.2) is 42.5 Å². The highest BCUT2D eigenvalue weighted by atomic mass is 16.5. The average Bonchev–Trinajstić information content (AvgIpc) is 2.71. The van der Waals surface area contributed by atoms with Crippen molar-refractivity contribution in [2.45, 2.75) is 20.8 Å². The van der Waals surface area contributed by atoms with Crippen molar-refractivity contribution in [3.63, 3.8) is 0 Å². The molecule has 29 heavy (non-hydrogen) atoms. The molecule has 156 valence electrons. The Hall–Kier alpha value is -2.73. The van der Waals surface area contributed by atoms with Gasteiger partial charge in [-0.05, 0) is 44.5 Å². The highest BCUT2D eigenvalue weighted by Crippen LogP contribution is 2.30. The molecule has 2 N–H and O–H groups in total. The van der Waals surface area contributed by atoms with E-state index in [2.05, 4.69) is 41.4 Å². The summed E-state index contributed by atoms with van der Waals surface area (Å²) in [6, 6.07) is 14.0. The molecule has 1 aliphatic heterocycles. The van der Waals surface area contributed by atoms with Crippen molar-refractivity contribution in [3.05, 3.63) is 48.0 Å². The van der Waals surface area contributed by atoms with Gasteiger partial charge in [-0.15, -0.1) is 0 Å². The second kappa shape index (κ2) is 10.2. The number of rotatable bonds is 8. The number of anilines is 2. The molecule has 1 aliphatic rings. The Bertz CT molecular complexity index is 817. The molecule has 1 saturated heterocycles. The van der Waals surface area contributed by atoms with E-state index >= 15 is 0 Å². The Balaban J connectivity index is 1.52. The lowest BCUT2D eigenvalue weighted by Gasteiger charge is -2.34. The van der Waals surface area contributed by atoms with Crippen molar-refractivity contribution in [3.8, 4) is 11.5 Å². The Morgan fingerprint density at radius 1 is 1.03 bits per heavy atom. The number of hydrogen-bond donors (Lipinski definition) is 2. The fourth-order valence-corrected chi connectivity index (χ4v) is 3.72. The zero-order chi connectivity index (χ0) is 20.6. The minimum Gasteiger partial charge on any atom is -0.490 e. The Morgan fingerprint density at radius 3 is 2.41 bits per heavy atom. The zero-order valence-corrected chi connectivity index (χ0v) is 17.7. The molecule has 1 amide bonds. The van der Waals surface area contributed by atoms with Gasteiger partial charge in [0.25, 0.3) is 5.91 Å². The number of aryl methyl sites for hydroxylation is 1. The topological polar surface area (TPSA) is 55.2 Å². The van der Waals surface area contributed by atoms with Crippen LogP contribution in [0.3, 0.4) is 0 Å². The first kappa shape index (κ1) is 21.0. The van der Waals surface area contributed by atoms with Crippen molar-refractivity contribution in [2.24, 2.45) is 0 Å². The maximum absolute atomic E-state index is 12.5. The van der Waals surface area contributed by atoms with Gasteiger partial charge < -0.3 is 24.6 Å². The highest BCUT2D eigenvalue weighted by Gasteiger charge is 2.23. The maximum atomic E-state index is 12.5. The number of hydrogen-bond acceptors (Lipinski definition) is 4. The molecule has 0 spiro atoms. The molecule has 0 aliphatic carbocycles.